The van der Waals surface area contributed by atoms with E-state index in [-0.39, 0.29) is 11.9 Å². The van der Waals surface area contributed by atoms with E-state index in [9.17, 15) is 4.79 Å². The fraction of sp³-hybridized carbons (Fsp3) is 0.400. The lowest BCUT2D eigenvalue weighted by Gasteiger charge is -2.27. The quantitative estimate of drug-likeness (QED) is 0.797. The van der Waals surface area contributed by atoms with Crippen molar-refractivity contribution in [3.63, 3.8) is 0 Å². The minimum Gasteiger partial charge on any atom is -0.348 e. The van der Waals surface area contributed by atoms with Gasteiger partial charge in [-0.05, 0) is 36.8 Å². The third-order valence-electron chi connectivity index (χ3n) is 3.44. The highest BCUT2D eigenvalue weighted by molar-refractivity contribution is 5.82. The molecule has 96 valence electrons. The summed E-state index contributed by atoms with van der Waals surface area (Å²) in [5.74, 6) is -0.0865. The molecule has 2 unspecified atom stereocenters. The summed E-state index contributed by atoms with van der Waals surface area (Å²) in [7, 11) is 0. The third-order valence-corrected chi connectivity index (χ3v) is 3.44. The highest BCUT2D eigenvalue weighted by Crippen LogP contribution is 2.29. The summed E-state index contributed by atoms with van der Waals surface area (Å²) in [5, 5.41) is 3.05. The van der Waals surface area contributed by atoms with Gasteiger partial charge in [0.25, 0.3) is 0 Å². The second-order valence-corrected chi connectivity index (χ2v) is 4.78. The van der Waals surface area contributed by atoms with Crippen molar-refractivity contribution >= 4 is 5.91 Å². The summed E-state index contributed by atoms with van der Waals surface area (Å²) >= 11 is 0. The van der Waals surface area contributed by atoms with Gasteiger partial charge in [0.1, 0.15) is 0 Å². The Labute approximate surface area is 108 Å². The van der Waals surface area contributed by atoms with Crippen LogP contribution >= 0.6 is 0 Å². The maximum atomic E-state index is 11.9. The lowest BCUT2D eigenvalue weighted by molar-refractivity contribution is -0.123. The van der Waals surface area contributed by atoms with Crippen molar-refractivity contribution in [3.8, 4) is 0 Å². The Morgan fingerprint density at radius 1 is 1.56 bits per heavy atom. The molecule has 0 radical (unpaired) electrons. The largest absolute Gasteiger partial charge is 0.348 e. The Morgan fingerprint density at radius 3 is 3.11 bits per heavy atom. The number of fused-ring (bicyclic) bond motifs is 1. The minimum atomic E-state index is -0.489. The zero-order valence-electron chi connectivity index (χ0n) is 10.6. The lowest BCUT2D eigenvalue weighted by Crippen LogP contribution is -2.42. The number of hydrogen-bond donors (Lipinski definition) is 2. The van der Waals surface area contributed by atoms with Gasteiger partial charge in [-0.3, -0.25) is 4.79 Å². The average Bonchev–Trinajstić information content (AvgIpc) is 2.39. The van der Waals surface area contributed by atoms with E-state index >= 15 is 0 Å². The van der Waals surface area contributed by atoms with Crippen molar-refractivity contribution in [2.24, 2.45) is 5.73 Å². The number of aryl methyl sites for hydroxylation is 1. The van der Waals surface area contributed by atoms with Crippen molar-refractivity contribution in [2.75, 3.05) is 0 Å². The number of amides is 1. The molecule has 3 N–H and O–H groups in total. The van der Waals surface area contributed by atoms with Gasteiger partial charge in [-0.25, -0.2) is 0 Å². The first-order chi connectivity index (χ1) is 8.72. The van der Waals surface area contributed by atoms with E-state index < -0.39 is 6.04 Å². The summed E-state index contributed by atoms with van der Waals surface area (Å²) in [6.45, 7) is 3.61. The second kappa shape index (κ2) is 5.83. The molecule has 1 amide bonds. The van der Waals surface area contributed by atoms with Crippen LogP contribution in [0.4, 0.5) is 0 Å². The Balaban J connectivity index is 2.07. The van der Waals surface area contributed by atoms with Gasteiger partial charge in [-0.15, -0.1) is 6.58 Å². The summed E-state index contributed by atoms with van der Waals surface area (Å²) in [4.78, 5) is 11.9. The Hall–Kier alpha value is -1.61. The van der Waals surface area contributed by atoms with Gasteiger partial charge in [-0.2, -0.15) is 0 Å². The average molecular weight is 244 g/mol. The Morgan fingerprint density at radius 2 is 2.33 bits per heavy atom. The molecule has 1 aliphatic carbocycles. The van der Waals surface area contributed by atoms with E-state index in [0.29, 0.717) is 6.42 Å². The molecule has 0 aromatic heterocycles. The molecule has 1 aliphatic rings. The first kappa shape index (κ1) is 12.8. The van der Waals surface area contributed by atoms with Crippen LogP contribution in [0.3, 0.4) is 0 Å². The summed E-state index contributed by atoms with van der Waals surface area (Å²) < 4.78 is 0. The standard InChI is InChI=1S/C15H20N2O/c1-2-6-13(16)15(18)17-14-10-5-8-11-7-3-4-9-12(11)14/h2-4,7,9,13-14H,1,5-6,8,10,16H2,(H,17,18). The van der Waals surface area contributed by atoms with Crippen LogP contribution in [0.2, 0.25) is 0 Å². The molecule has 0 saturated carbocycles. The molecule has 2 rings (SSSR count). The van der Waals surface area contributed by atoms with E-state index in [4.69, 9.17) is 5.73 Å². The number of rotatable bonds is 4. The predicted molar refractivity (Wildman–Crippen MR) is 73.1 cm³/mol. The summed E-state index contributed by atoms with van der Waals surface area (Å²) in [5.41, 5.74) is 8.36. The highest BCUT2D eigenvalue weighted by Gasteiger charge is 2.23. The third kappa shape index (κ3) is 2.79. The summed E-state index contributed by atoms with van der Waals surface area (Å²) in [6.07, 6.45) is 5.39. The van der Waals surface area contributed by atoms with Gasteiger partial charge in [0, 0.05) is 0 Å². The van der Waals surface area contributed by atoms with Crippen LogP contribution in [0.25, 0.3) is 0 Å². The number of benzene rings is 1. The second-order valence-electron chi connectivity index (χ2n) is 4.78. The van der Waals surface area contributed by atoms with E-state index in [1.807, 2.05) is 12.1 Å². The van der Waals surface area contributed by atoms with Gasteiger partial charge in [0.15, 0.2) is 0 Å². The van der Waals surface area contributed by atoms with Crippen LogP contribution in [0.15, 0.2) is 36.9 Å². The zero-order chi connectivity index (χ0) is 13.0. The molecule has 1 aromatic carbocycles. The van der Waals surface area contributed by atoms with Gasteiger partial charge in [0.05, 0.1) is 12.1 Å². The molecular weight excluding hydrogens is 224 g/mol. The van der Waals surface area contributed by atoms with Crippen molar-refractivity contribution in [3.05, 3.63) is 48.0 Å². The van der Waals surface area contributed by atoms with Crippen LogP contribution in [0.5, 0.6) is 0 Å². The molecule has 0 aliphatic heterocycles. The summed E-state index contributed by atoms with van der Waals surface area (Å²) in [6, 6.07) is 7.92. The van der Waals surface area contributed by atoms with Crippen molar-refractivity contribution in [1.29, 1.82) is 0 Å². The zero-order valence-corrected chi connectivity index (χ0v) is 10.6. The first-order valence-corrected chi connectivity index (χ1v) is 6.47. The van der Waals surface area contributed by atoms with Gasteiger partial charge in [-0.1, -0.05) is 30.3 Å². The molecule has 1 aromatic rings. The monoisotopic (exact) mass is 244 g/mol. The normalized spacial score (nSPS) is 19.7. The fourth-order valence-electron chi connectivity index (χ4n) is 2.47. The van der Waals surface area contributed by atoms with E-state index in [1.54, 1.807) is 6.08 Å². The van der Waals surface area contributed by atoms with Crippen LogP contribution < -0.4 is 11.1 Å². The smallest absolute Gasteiger partial charge is 0.237 e. The fourth-order valence-corrected chi connectivity index (χ4v) is 2.47. The van der Waals surface area contributed by atoms with Crippen LogP contribution in [-0.4, -0.2) is 11.9 Å². The molecule has 0 heterocycles. The van der Waals surface area contributed by atoms with Gasteiger partial charge < -0.3 is 11.1 Å². The van der Waals surface area contributed by atoms with E-state index in [1.165, 1.54) is 11.1 Å². The number of nitrogens with two attached hydrogens (primary N) is 1. The lowest BCUT2D eigenvalue weighted by atomic mass is 9.87. The van der Waals surface area contributed by atoms with Crippen molar-refractivity contribution < 1.29 is 4.79 Å². The number of carbonyl (C=O) groups is 1. The minimum absolute atomic E-state index is 0.0865. The number of carbonyl (C=O) groups excluding carboxylic acids is 1. The highest BCUT2D eigenvalue weighted by atomic mass is 16.2. The molecule has 0 bridgehead atoms. The molecule has 3 heteroatoms. The molecule has 18 heavy (non-hydrogen) atoms. The Bertz CT molecular complexity index is 442. The molecular formula is C15H20N2O. The Kier molecular flexibility index (Phi) is 4.15. The van der Waals surface area contributed by atoms with Crippen molar-refractivity contribution in [1.82, 2.24) is 5.32 Å². The SMILES string of the molecule is C=CCC(N)C(=O)NC1CCCc2ccccc21. The maximum absolute atomic E-state index is 11.9. The molecule has 0 fully saturated rings. The molecule has 3 nitrogen and oxygen atoms in total. The molecule has 0 saturated heterocycles. The van der Waals surface area contributed by atoms with Gasteiger partial charge in [0.2, 0.25) is 5.91 Å². The first-order valence-electron chi connectivity index (χ1n) is 6.47. The van der Waals surface area contributed by atoms with Crippen LogP contribution in [0.1, 0.15) is 36.4 Å². The van der Waals surface area contributed by atoms with E-state index in [0.717, 1.165) is 19.3 Å². The van der Waals surface area contributed by atoms with Crippen LogP contribution in [0, 0.1) is 0 Å². The maximum Gasteiger partial charge on any atom is 0.237 e. The topological polar surface area (TPSA) is 55.1 Å². The van der Waals surface area contributed by atoms with Crippen LogP contribution in [-0.2, 0) is 11.2 Å². The molecule has 0 spiro atoms. The van der Waals surface area contributed by atoms with Gasteiger partial charge >= 0.3 is 0 Å². The number of nitrogens with one attached hydrogen (secondary N) is 1. The molecule has 2 atom stereocenters. The predicted octanol–water partition coefficient (Wildman–Crippen LogP) is 2.08. The number of hydrogen-bond acceptors (Lipinski definition) is 2. The van der Waals surface area contributed by atoms with E-state index in [2.05, 4.69) is 24.0 Å². The van der Waals surface area contributed by atoms with Crippen molar-refractivity contribution in [2.45, 2.75) is 37.8 Å².